The van der Waals surface area contributed by atoms with Crippen molar-refractivity contribution in [2.24, 2.45) is 0 Å². The molecule has 2 amide bonds. The third kappa shape index (κ3) is 6.00. The molecule has 2 aromatic carbocycles. The molecule has 0 radical (unpaired) electrons. The summed E-state index contributed by atoms with van der Waals surface area (Å²) < 4.78 is 40.6. The van der Waals surface area contributed by atoms with E-state index in [0.29, 0.717) is 35.4 Å². The molecule has 0 unspecified atom stereocenters. The lowest BCUT2D eigenvalue weighted by Gasteiger charge is -2.21. The van der Waals surface area contributed by atoms with Gasteiger partial charge in [-0.15, -0.1) is 0 Å². The van der Waals surface area contributed by atoms with Gasteiger partial charge in [-0.3, -0.25) is 9.88 Å². The minimum absolute atomic E-state index is 0.103. The fraction of sp³-hybridized carbons (Fsp3) is 0.385. The number of carbonyl (C=O) groups is 1. The lowest BCUT2D eigenvalue weighted by Crippen LogP contribution is -2.42. The number of halogens is 2. The molecule has 0 aliphatic carbocycles. The largest absolute Gasteiger partial charge is 0.493 e. The van der Waals surface area contributed by atoms with Crippen LogP contribution in [-0.2, 0) is 4.74 Å². The fourth-order valence-corrected chi connectivity index (χ4v) is 4.55. The summed E-state index contributed by atoms with van der Waals surface area (Å²) in [5.74, 6) is 0.180. The van der Waals surface area contributed by atoms with Crippen LogP contribution in [0.3, 0.4) is 0 Å². The number of benzene rings is 2. The molecule has 36 heavy (non-hydrogen) atoms. The summed E-state index contributed by atoms with van der Waals surface area (Å²) in [4.78, 5) is 19.8. The molecule has 3 aromatic rings. The minimum atomic E-state index is -2.99. The third-order valence-electron chi connectivity index (χ3n) is 6.31. The Labute approximate surface area is 208 Å². The van der Waals surface area contributed by atoms with E-state index in [1.807, 2.05) is 18.2 Å². The van der Waals surface area contributed by atoms with Crippen LogP contribution in [0.1, 0.15) is 17.2 Å². The van der Waals surface area contributed by atoms with Crippen LogP contribution in [0.4, 0.5) is 19.3 Å². The average Bonchev–Trinajstić information content (AvgIpc) is 3.25. The molecule has 8 nitrogen and oxygen atoms in total. The molecule has 1 aromatic heterocycles. The number of hydrogen-bond acceptors (Lipinski definition) is 6. The number of methoxy groups -OCH3 is 2. The smallest absolute Gasteiger partial charge is 0.387 e. The molecule has 1 fully saturated rings. The Morgan fingerprint density at radius 2 is 1.92 bits per heavy atom. The summed E-state index contributed by atoms with van der Waals surface area (Å²) in [6.07, 6.45) is 0. The number of pyridine rings is 1. The molecule has 2 atom stereocenters. The van der Waals surface area contributed by atoms with Crippen molar-refractivity contribution in [3.8, 4) is 11.5 Å². The predicted molar refractivity (Wildman–Crippen MR) is 133 cm³/mol. The Morgan fingerprint density at radius 1 is 1.14 bits per heavy atom. The minimum Gasteiger partial charge on any atom is -0.493 e. The number of aryl methyl sites for hydroxylation is 1. The molecule has 4 rings (SSSR count). The Hall–Kier alpha value is -3.50. The van der Waals surface area contributed by atoms with E-state index >= 15 is 0 Å². The maximum atomic E-state index is 13.0. The van der Waals surface area contributed by atoms with E-state index < -0.39 is 6.61 Å². The molecule has 0 bridgehead atoms. The summed E-state index contributed by atoms with van der Waals surface area (Å²) in [7, 11) is 3.04. The van der Waals surface area contributed by atoms with Crippen LogP contribution in [0.5, 0.6) is 11.5 Å². The molecule has 1 aliphatic rings. The van der Waals surface area contributed by atoms with Crippen molar-refractivity contribution in [3.63, 3.8) is 0 Å². The maximum Gasteiger partial charge on any atom is 0.387 e. The van der Waals surface area contributed by atoms with Gasteiger partial charge in [-0.2, -0.15) is 8.78 Å². The highest BCUT2D eigenvalue weighted by Crippen LogP contribution is 2.34. The number of urea groups is 1. The second kappa shape index (κ2) is 11.5. The van der Waals surface area contributed by atoms with Crippen molar-refractivity contribution in [3.05, 3.63) is 59.8 Å². The number of nitrogens with one attached hydrogen (secondary N) is 2. The number of amides is 2. The zero-order valence-corrected chi connectivity index (χ0v) is 20.5. The highest BCUT2D eigenvalue weighted by molar-refractivity contribution is 5.94. The number of aromatic nitrogens is 1. The molecule has 0 saturated carbocycles. The van der Waals surface area contributed by atoms with E-state index in [-0.39, 0.29) is 29.5 Å². The Balaban J connectivity index is 1.52. The Kier molecular flexibility index (Phi) is 8.17. The van der Waals surface area contributed by atoms with Gasteiger partial charge in [0.15, 0.2) is 11.5 Å². The zero-order valence-electron chi connectivity index (χ0n) is 20.5. The summed E-state index contributed by atoms with van der Waals surface area (Å²) in [5, 5.41) is 6.51. The normalized spacial score (nSPS) is 17.9. The SMILES string of the molecule is COCCN1C[C@@H](NC(=O)Nc2cc3cc(OC(F)F)c(OC)cc3nc2C)[C@H](c2ccccc2)C1. The van der Waals surface area contributed by atoms with E-state index in [1.54, 1.807) is 20.1 Å². The monoisotopic (exact) mass is 500 g/mol. The lowest BCUT2D eigenvalue weighted by atomic mass is 9.94. The highest BCUT2D eigenvalue weighted by atomic mass is 19.3. The second-order valence-corrected chi connectivity index (χ2v) is 8.67. The van der Waals surface area contributed by atoms with E-state index in [2.05, 4.69) is 37.4 Å². The zero-order chi connectivity index (χ0) is 25.7. The van der Waals surface area contributed by atoms with Crippen molar-refractivity contribution >= 4 is 22.6 Å². The first kappa shape index (κ1) is 25.6. The molecular weight excluding hydrogens is 470 g/mol. The average molecular weight is 501 g/mol. The number of hydrogen-bond donors (Lipinski definition) is 2. The van der Waals surface area contributed by atoms with Crippen molar-refractivity contribution < 1.29 is 27.8 Å². The molecule has 10 heteroatoms. The number of alkyl halides is 2. The van der Waals surface area contributed by atoms with E-state index in [0.717, 1.165) is 18.7 Å². The number of anilines is 1. The van der Waals surface area contributed by atoms with Gasteiger partial charge >= 0.3 is 12.6 Å². The van der Waals surface area contributed by atoms with Crippen LogP contribution in [0.15, 0.2) is 48.5 Å². The van der Waals surface area contributed by atoms with Crippen molar-refractivity contribution in [2.75, 3.05) is 45.8 Å². The van der Waals surface area contributed by atoms with Crippen LogP contribution in [0, 0.1) is 6.92 Å². The summed E-state index contributed by atoms with van der Waals surface area (Å²) in [6.45, 7) is 1.67. The number of nitrogens with zero attached hydrogens (tertiary/aromatic N) is 2. The first-order valence-corrected chi connectivity index (χ1v) is 11.7. The number of ether oxygens (including phenoxy) is 3. The van der Waals surface area contributed by atoms with Crippen molar-refractivity contribution in [2.45, 2.75) is 25.5 Å². The molecule has 192 valence electrons. The Bertz CT molecular complexity index is 1200. The van der Waals surface area contributed by atoms with Gasteiger partial charge in [-0.25, -0.2) is 4.79 Å². The Morgan fingerprint density at radius 3 is 2.61 bits per heavy atom. The van der Waals surface area contributed by atoms with Gasteiger partial charge < -0.3 is 24.8 Å². The molecule has 2 heterocycles. The van der Waals surface area contributed by atoms with Crippen LogP contribution in [0.25, 0.3) is 10.9 Å². The summed E-state index contributed by atoms with van der Waals surface area (Å²) >= 11 is 0. The second-order valence-electron chi connectivity index (χ2n) is 8.67. The molecule has 2 N–H and O–H groups in total. The summed E-state index contributed by atoms with van der Waals surface area (Å²) in [6, 6.07) is 14.3. The first-order chi connectivity index (χ1) is 17.4. The van der Waals surface area contributed by atoms with Gasteiger partial charge in [0.1, 0.15) is 0 Å². The number of carbonyl (C=O) groups excluding carboxylic acids is 1. The first-order valence-electron chi connectivity index (χ1n) is 11.7. The maximum absolute atomic E-state index is 13.0. The van der Waals surface area contributed by atoms with Gasteiger partial charge in [0, 0.05) is 44.1 Å². The highest BCUT2D eigenvalue weighted by Gasteiger charge is 2.34. The van der Waals surface area contributed by atoms with Crippen LogP contribution in [-0.4, -0.2) is 69.0 Å². The topological polar surface area (TPSA) is 85.0 Å². The molecule has 1 aliphatic heterocycles. The van der Waals surface area contributed by atoms with Gasteiger partial charge in [0.25, 0.3) is 0 Å². The number of rotatable bonds is 9. The van der Waals surface area contributed by atoms with Crippen molar-refractivity contribution in [1.82, 2.24) is 15.2 Å². The van der Waals surface area contributed by atoms with Crippen LogP contribution < -0.4 is 20.1 Å². The molecule has 0 spiro atoms. The van der Waals surface area contributed by atoms with Gasteiger partial charge in [-0.05, 0) is 24.6 Å². The standard InChI is InChI=1S/C26H30F2N4O4/c1-16-20(11-18-12-24(36-25(27)28)23(35-3)13-21(18)29-16)30-26(33)31-22-15-32(9-10-34-2)14-19(22)17-7-5-4-6-8-17/h4-8,11-13,19,22,25H,9-10,14-15H2,1-3H3,(H2,30,31,33)/t19-,22+/m0/s1. The van der Waals surface area contributed by atoms with Crippen LogP contribution in [0.2, 0.25) is 0 Å². The van der Waals surface area contributed by atoms with Gasteiger partial charge in [-0.1, -0.05) is 30.3 Å². The number of likely N-dealkylation sites (tertiary alicyclic amines) is 1. The lowest BCUT2D eigenvalue weighted by molar-refractivity contribution is -0.0511. The van der Waals surface area contributed by atoms with E-state index in [4.69, 9.17) is 9.47 Å². The number of fused-ring (bicyclic) bond motifs is 1. The third-order valence-corrected chi connectivity index (χ3v) is 6.31. The van der Waals surface area contributed by atoms with E-state index in [1.165, 1.54) is 19.2 Å². The van der Waals surface area contributed by atoms with Crippen molar-refractivity contribution in [1.29, 1.82) is 0 Å². The van der Waals surface area contributed by atoms with Gasteiger partial charge in [0.2, 0.25) is 0 Å². The quantitative estimate of drug-likeness (QED) is 0.454. The fourth-order valence-electron chi connectivity index (χ4n) is 4.55. The summed E-state index contributed by atoms with van der Waals surface area (Å²) in [5.41, 5.74) is 2.74. The molecular formula is C26H30F2N4O4. The van der Waals surface area contributed by atoms with Crippen LogP contribution >= 0.6 is 0 Å². The van der Waals surface area contributed by atoms with E-state index in [9.17, 15) is 13.6 Å². The predicted octanol–water partition coefficient (Wildman–Crippen LogP) is 4.39. The van der Waals surface area contributed by atoms with Gasteiger partial charge in [0.05, 0.1) is 36.7 Å². The molecule has 1 saturated heterocycles.